The van der Waals surface area contributed by atoms with E-state index in [1.165, 1.54) is 19.3 Å². The third-order valence-electron chi connectivity index (χ3n) is 6.96. The van der Waals surface area contributed by atoms with Crippen LogP contribution in [0.25, 0.3) is 0 Å². The van der Waals surface area contributed by atoms with Crippen LogP contribution in [0.3, 0.4) is 0 Å². The highest BCUT2D eigenvalue weighted by molar-refractivity contribution is 5.85. The maximum Gasteiger partial charge on any atom is 0.409 e. The molecule has 1 aliphatic heterocycles. The number of rotatable bonds is 6. The van der Waals surface area contributed by atoms with Gasteiger partial charge in [-0.3, -0.25) is 4.90 Å². The number of carbonyl (C=O) groups excluding carboxylic acids is 1. The van der Waals surface area contributed by atoms with Crippen molar-refractivity contribution in [3.63, 3.8) is 0 Å². The second-order valence-electron chi connectivity index (χ2n) is 9.27. The second kappa shape index (κ2) is 8.85. The molecule has 3 rings (SSSR count). The Morgan fingerprint density at radius 2 is 1.89 bits per heavy atom. The first kappa shape index (κ1) is 22.7. The van der Waals surface area contributed by atoms with E-state index in [0.29, 0.717) is 32.8 Å². The van der Waals surface area contributed by atoms with E-state index < -0.39 is 6.10 Å². The number of aliphatic hydroxyl groups excluding tert-OH is 1. The number of hydrogen-bond acceptors (Lipinski definition) is 5. The zero-order valence-corrected chi connectivity index (χ0v) is 18.1. The van der Waals surface area contributed by atoms with E-state index >= 15 is 0 Å². The summed E-state index contributed by atoms with van der Waals surface area (Å²) in [5.41, 5.74) is 0.483. The molecule has 1 saturated heterocycles. The highest BCUT2D eigenvalue weighted by Crippen LogP contribution is 2.63. The molecule has 158 valence electrons. The number of hydrogen-bond donors (Lipinski definition) is 1. The first-order valence-corrected chi connectivity index (χ1v) is 10.2. The van der Waals surface area contributed by atoms with Gasteiger partial charge in [0.25, 0.3) is 0 Å². The second-order valence-corrected chi connectivity index (χ2v) is 9.27. The van der Waals surface area contributed by atoms with Crippen molar-refractivity contribution in [3.05, 3.63) is 0 Å². The molecule has 2 aliphatic carbocycles. The summed E-state index contributed by atoms with van der Waals surface area (Å²) in [6.07, 6.45) is 3.35. The Morgan fingerprint density at radius 3 is 2.44 bits per heavy atom. The molecule has 2 bridgehead atoms. The van der Waals surface area contributed by atoms with Crippen molar-refractivity contribution < 1.29 is 19.4 Å². The van der Waals surface area contributed by atoms with Crippen molar-refractivity contribution in [1.29, 1.82) is 0 Å². The van der Waals surface area contributed by atoms with E-state index in [2.05, 4.69) is 25.7 Å². The predicted molar refractivity (Wildman–Crippen MR) is 107 cm³/mol. The molecule has 0 aromatic heterocycles. The Kier molecular flexibility index (Phi) is 7.45. The van der Waals surface area contributed by atoms with E-state index in [0.717, 1.165) is 19.0 Å². The van der Waals surface area contributed by atoms with Gasteiger partial charge in [-0.05, 0) is 42.9 Å². The normalized spacial score (nSPS) is 33.6. The summed E-state index contributed by atoms with van der Waals surface area (Å²) in [6, 6.07) is 0. The van der Waals surface area contributed by atoms with Crippen LogP contribution in [0.4, 0.5) is 4.79 Å². The van der Waals surface area contributed by atoms with Crippen molar-refractivity contribution in [1.82, 2.24) is 9.80 Å². The zero-order valence-electron chi connectivity index (χ0n) is 17.3. The minimum absolute atomic E-state index is 0. The number of fused-ring (bicyclic) bond motifs is 2. The smallest absolute Gasteiger partial charge is 0.409 e. The Hall–Kier alpha value is -0.560. The van der Waals surface area contributed by atoms with Crippen LogP contribution in [0.5, 0.6) is 0 Å². The van der Waals surface area contributed by atoms with Gasteiger partial charge in [0.05, 0.1) is 25.4 Å². The van der Waals surface area contributed by atoms with E-state index in [1.807, 2.05) is 6.92 Å². The largest absolute Gasteiger partial charge is 0.450 e. The fourth-order valence-electron chi connectivity index (χ4n) is 5.56. The van der Waals surface area contributed by atoms with Gasteiger partial charge >= 0.3 is 6.09 Å². The molecule has 4 unspecified atom stereocenters. The minimum atomic E-state index is -0.484. The molecule has 7 heteroatoms. The van der Waals surface area contributed by atoms with Crippen LogP contribution in [0.15, 0.2) is 0 Å². The highest BCUT2D eigenvalue weighted by atomic mass is 35.5. The van der Waals surface area contributed by atoms with Crippen LogP contribution >= 0.6 is 12.4 Å². The molecule has 1 heterocycles. The van der Waals surface area contributed by atoms with Gasteiger partial charge in [0.2, 0.25) is 0 Å². The van der Waals surface area contributed by atoms with Gasteiger partial charge in [0.15, 0.2) is 0 Å². The molecule has 3 aliphatic rings. The molecule has 2 saturated carbocycles. The molecular formula is C20H37ClN2O4. The maximum atomic E-state index is 11.7. The minimum Gasteiger partial charge on any atom is -0.450 e. The van der Waals surface area contributed by atoms with E-state index in [9.17, 15) is 9.90 Å². The molecule has 3 fully saturated rings. The van der Waals surface area contributed by atoms with Gasteiger partial charge in [-0.15, -0.1) is 12.4 Å². The first-order valence-electron chi connectivity index (χ1n) is 10.2. The van der Waals surface area contributed by atoms with Crippen molar-refractivity contribution in [2.24, 2.45) is 16.7 Å². The fraction of sp³-hybridized carbons (Fsp3) is 0.950. The fourth-order valence-corrected chi connectivity index (χ4v) is 5.56. The van der Waals surface area contributed by atoms with Gasteiger partial charge in [-0.25, -0.2) is 4.79 Å². The summed E-state index contributed by atoms with van der Waals surface area (Å²) >= 11 is 0. The summed E-state index contributed by atoms with van der Waals surface area (Å²) in [6.45, 7) is 13.1. The lowest BCUT2D eigenvalue weighted by Crippen LogP contribution is -2.51. The number of ether oxygens (including phenoxy) is 2. The summed E-state index contributed by atoms with van der Waals surface area (Å²) in [4.78, 5) is 15.7. The Balaban J connectivity index is 0.00000261. The van der Waals surface area contributed by atoms with Crippen molar-refractivity contribution in [3.8, 4) is 0 Å². The van der Waals surface area contributed by atoms with Crippen LogP contribution in [-0.4, -0.2) is 79.1 Å². The third kappa shape index (κ3) is 4.72. The predicted octanol–water partition coefficient (Wildman–Crippen LogP) is 2.77. The van der Waals surface area contributed by atoms with Crippen LogP contribution < -0.4 is 0 Å². The van der Waals surface area contributed by atoms with Gasteiger partial charge < -0.3 is 19.5 Å². The van der Waals surface area contributed by atoms with Crippen LogP contribution in [0.2, 0.25) is 0 Å². The summed E-state index contributed by atoms with van der Waals surface area (Å²) in [5.74, 6) is 0.755. The summed E-state index contributed by atoms with van der Waals surface area (Å²) in [5, 5.41) is 10.5. The van der Waals surface area contributed by atoms with Crippen LogP contribution in [-0.2, 0) is 9.47 Å². The average Bonchev–Trinajstić information content (AvgIpc) is 3.06. The quantitative estimate of drug-likeness (QED) is 0.737. The van der Waals surface area contributed by atoms with Gasteiger partial charge in [0.1, 0.15) is 0 Å². The molecular weight excluding hydrogens is 368 g/mol. The first-order chi connectivity index (χ1) is 12.3. The number of nitrogens with zero attached hydrogens (tertiary/aromatic N) is 2. The number of amides is 1. The van der Waals surface area contributed by atoms with E-state index in [1.54, 1.807) is 4.90 Å². The molecule has 0 aromatic carbocycles. The van der Waals surface area contributed by atoms with Crippen molar-refractivity contribution in [2.75, 3.05) is 45.9 Å². The molecule has 27 heavy (non-hydrogen) atoms. The lowest BCUT2D eigenvalue weighted by molar-refractivity contribution is -0.114. The average molecular weight is 405 g/mol. The molecule has 6 nitrogen and oxygen atoms in total. The molecule has 0 spiro atoms. The topological polar surface area (TPSA) is 62.2 Å². The number of aliphatic hydroxyl groups is 1. The summed E-state index contributed by atoms with van der Waals surface area (Å²) < 4.78 is 11.3. The number of carbonyl (C=O) groups is 1. The van der Waals surface area contributed by atoms with Gasteiger partial charge in [-0.1, -0.05) is 20.8 Å². The lowest BCUT2D eigenvalue weighted by atomic mass is 9.70. The van der Waals surface area contributed by atoms with Crippen molar-refractivity contribution >= 4 is 18.5 Å². The molecule has 1 N–H and O–H groups in total. The van der Waals surface area contributed by atoms with E-state index in [-0.39, 0.29) is 35.4 Å². The molecule has 0 radical (unpaired) electrons. The number of piperazine rings is 1. The van der Waals surface area contributed by atoms with Crippen LogP contribution in [0.1, 0.15) is 47.0 Å². The SMILES string of the molecule is CCOC(=O)N1CCN(CC(O)COC2C3(C)CCC(C3)C2(C)C)CC1.Cl. The lowest BCUT2D eigenvalue weighted by Gasteiger charge is -2.43. The summed E-state index contributed by atoms with van der Waals surface area (Å²) in [7, 11) is 0. The van der Waals surface area contributed by atoms with Crippen LogP contribution in [0, 0.1) is 16.7 Å². The maximum absolute atomic E-state index is 11.7. The standard InChI is InChI=1S/C20H36N2O4.ClH/c1-5-25-18(24)22-10-8-21(9-11-22)13-16(23)14-26-17-19(2,3)15-6-7-20(17,4)12-15;/h15-17,23H,5-14H2,1-4H3;1H. The Labute approximate surface area is 170 Å². The number of halogens is 1. The third-order valence-corrected chi connectivity index (χ3v) is 6.96. The Bertz CT molecular complexity index is 505. The van der Waals surface area contributed by atoms with Gasteiger partial charge in [-0.2, -0.15) is 0 Å². The monoisotopic (exact) mass is 404 g/mol. The highest BCUT2D eigenvalue weighted by Gasteiger charge is 2.60. The van der Waals surface area contributed by atoms with Crippen molar-refractivity contribution in [2.45, 2.75) is 59.2 Å². The molecule has 1 amide bonds. The zero-order chi connectivity index (χ0) is 18.9. The Morgan fingerprint density at radius 1 is 1.22 bits per heavy atom. The van der Waals surface area contributed by atoms with E-state index in [4.69, 9.17) is 9.47 Å². The molecule has 0 aromatic rings. The van der Waals surface area contributed by atoms with Gasteiger partial charge in [0, 0.05) is 32.7 Å². The molecule has 4 atom stereocenters. The number of β-amino-alcohol motifs (C(OH)–C–C–N with tert-alkyl or cyclic N) is 1.